The van der Waals surface area contributed by atoms with E-state index in [0.717, 1.165) is 18.5 Å². The molecule has 1 atom stereocenters. The summed E-state index contributed by atoms with van der Waals surface area (Å²) in [5.41, 5.74) is 0. The molecule has 0 spiro atoms. The summed E-state index contributed by atoms with van der Waals surface area (Å²) in [7, 11) is 2.05. The Kier molecular flexibility index (Phi) is 4.02. The second-order valence-electron chi connectivity index (χ2n) is 4.24. The Balaban J connectivity index is 2.30. The van der Waals surface area contributed by atoms with Gasteiger partial charge in [0.25, 0.3) is 0 Å². The largest absolute Gasteiger partial charge is 0.318 e. The van der Waals surface area contributed by atoms with Crippen LogP contribution in [-0.4, -0.2) is 37.6 Å². The second kappa shape index (κ2) is 4.83. The van der Waals surface area contributed by atoms with Gasteiger partial charge in [-0.2, -0.15) is 0 Å². The molecule has 1 unspecified atom stereocenters. The highest BCUT2D eigenvalue weighted by molar-refractivity contribution is 4.80. The van der Waals surface area contributed by atoms with Crippen molar-refractivity contribution in [3.63, 3.8) is 0 Å². The molecule has 72 valence electrons. The highest BCUT2D eigenvalue weighted by Crippen LogP contribution is 2.17. The maximum absolute atomic E-state index is 3.27. The standard InChI is InChI=1S/C10H22N2/c1-9(2)8-12-6-4-5-10(12)7-11-3/h9-11H,4-8H2,1-3H3. The summed E-state index contributed by atoms with van der Waals surface area (Å²) in [5.74, 6) is 0.808. The molecule has 1 N–H and O–H groups in total. The Labute approximate surface area is 76.3 Å². The molecule has 1 aliphatic rings. The summed E-state index contributed by atoms with van der Waals surface area (Å²) >= 11 is 0. The number of nitrogens with zero attached hydrogens (tertiary/aromatic N) is 1. The molecule has 1 aliphatic heterocycles. The van der Waals surface area contributed by atoms with Crippen molar-refractivity contribution in [3.8, 4) is 0 Å². The molecule has 0 bridgehead atoms. The van der Waals surface area contributed by atoms with E-state index in [9.17, 15) is 0 Å². The van der Waals surface area contributed by atoms with Crippen molar-refractivity contribution in [2.45, 2.75) is 32.7 Å². The Morgan fingerprint density at radius 3 is 2.83 bits per heavy atom. The first-order valence-electron chi connectivity index (χ1n) is 5.12. The van der Waals surface area contributed by atoms with Crippen LogP contribution in [0.5, 0.6) is 0 Å². The molecule has 0 aromatic rings. The summed E-state index contributed by atoms with van der Waals surface area (Å²) in [4.78, 5) is 2.63. The Hall–Kier alpha value is -0.0800. The van der Waals surface area contributed by atoms with Crippen LogP contribution in [0, 0.1) is 5.92 Å². The lowest BCUT2D eigenvalue weighted by atomic mass is 10.2. The molecule has 1 fully saturated rings. The van der Waals surface area contributed by atoms with Crippen molar-refractivity contribution in [1.29, 1.82) is 0 Å². The molecule has 0 aromatic heterocycles. The van der Waals surface area contributed by atoms with Gasteiger partial charge in [0.15, 0.2) is 0 Å². The fourth-order valence-electron chi connectivity index (χ4n) is 2.07. The number of likely N-dealkylation sites (tertiary alicyclic amines) is 1. The molecule has 0 radical (unpaired) electrons. The first kappa shape index (κ1) is 10.0. The predicted octanol–water partition coefficient (Wildman–Crippen LogP) is 1.33. The third-order valence-corrected chi connectivity index (χ3v) is 2.54. The molecule has 1 saturated heterocycles. The van der Waals surface area contributed by atoms with E-state index >= 15 is 0 Å². The lowest BCUT2D eigenvalue weighted by molar-refractivity contribution is 0.224. The van der Waals surface area contributed by atoms with E-state index in [1.807, 2.05) is 7.05 Å². The van der Waals surface area contributed by atoms with Crippen LogP contribution in [0.15, 0.2) is 0 Å². The molecule has 12 heavy (non-hydrogen) atoms. The summed E-state index contributed by atoms with van der Waals surface area (Å²) in [6, 6.07) is 0.803. The van der Waals surface area contributed by atoms with Crippen molar-refractivity contribution >= 4 is 0 Å². The van der Waals surface area contributed by atoms with Gasteiger partial charge in [0, 0.05) is 19.1 Å². The van der Waals surface area contributed by atoms with Gasteiger partial charge in [-0.05, 0) is 32.4 Å². The lowest BCUT2D eigenvalue weighted by Crippen LogP contribution is -2.38. The van der Waals surface area contributed by atoms with Gasteiger partial charge in [-0.1, -0.05) is 13.8 Å². The Morgan fingerprint density at radius 2 is 2.25 bits per heavy atom. The Bertz CT molecular complexity index is 123. The zero-order chi connectivity index (χ0) is 8.97. The third kappa shape index (κ3) is 2.76. The second-order valence-corrected chi connectivity index (χ2v) is 4.24. The molecular formula is C10H22N2. The molecule has 0 saturated carbocycles. The summed E-state index contributed by atoms with van der Waals surface area (Å²) in [5, 5.41) is 3.27. The fraction of sp³-hybridized carbons (Fsp3) is 1.00. The van der Waals surface area contributed by atoms with Gasteiger partial charge in [-0.15, -0.1) is 0 Å². The average Bonchev–Trinajstić information content (AvgIpc) is 2.37. The van der Waals surface area contributed by atoms with Crippen LogP contribution >= 0.6 is 0 Å². The van der Waals surface area contributed by atoms with E-state index in [1.54, 1.807) is 0 Å². The fourth-order valence-corrected chi connectivity index (χ4v) is 2.07. The van der Waals surface area contributed by atoms with E-state index in [-0.39, 0.29) is 0 Å². The van der Waals surface area contributed by atoms with Gasteiger partial charge >= 0.3 is 0 Å². The molecular weight excluding hydrogens is 148 g/mol. The van der Waals surface area contributed by atoms with Crippen molar-refractivity contribution in [3.05, 3.63) is 0 Å². The molecule has 0 aromatic carbocycles. The molecule has 1 heterocycles. The minimum Gasteiger partial charge on any atom is -0.318 e. The maximum atomic E-state index is 3.27. The third-order valence-electron chi connectivity index (χ3n) is 2.54. The zero-order valence-corrected chi connectivity index (χ0v) is 8.64. The van der Waals surface area contributed by atoms with Gasteiger partial charge in [0.1, 0.15) is 0 Å². The van der Waals surface area contributed by atoms with Crippen LogP contribution < -0.4 is 5.32 Å². The molecule has 0 amide bonds. The summed E-state index contributed by atoms with van der Waals surface area (Å²) < 4.78 is 0. The van der Waals surface area contributed by atoms with Crippen molar-refractivity contribution in [1.82, 2.24) is 10.2 Å². The summed E-state index contributed by atoms with van der Waals surface area (Å²) in [6.45, 7) is 8.34. The zero-order valence-electron chi connectivity index (χ0n) is 8.64. The number of hydrogen-bond donors (Lipinski definition) is 1. The van der Waals surface area contributed by atoms with Crippen LogP contribution in [0.4, 0.5) is 0 Å². The number of likely N-dealkylation sites (N-methyl/N-ethyl adjacent to an activating group) is 1. The highest BCUT2D eigenvalue weighted by atomic mass is 15.2. The maximum Gasteiger partial charge on any atom is 0.0221 e. The van der Waals surface area contributed by atoms with E-state index in [1.165, 1.54) is 25.9 Å². The van der Waals surface area contributed by atoms with Gasteiger partial charge < -0.3 is 5.32 Å². The minimum atomic E-state index is 0.803. The smallest absolute Gasteiger partial charge is 0.0221 e. The van der Waals surface area contributed by atoms with Crippen molar-refractivity contribution in [2.75, 3.05) is 26.7 Å². The van der Waals surface area contributed by atoms with Crippen LogP contribution in [0.3, 0.4) is 0 Å². The Morgan fingerprint density at radius 1 is 1.50 bits per heavy atom. The summed E-state index contributed by atoms with van der Waals surface area (Å²) in [6.07, 6.45) is 2.77. The van der Waals surface area contributed by atoms with Crippen LogP contribution in [-0.2, 0) is 0 Å². The minimum absolute atomic E-state index is 0.803. The molecule has 2 heteroatoms. The van der Waals surface area contributed by atoms with E-state index < -0.39 is 0 Å². The topological polar surface area (TPSA) is 15.3 Å². The molecule has 1 rings (SSSR count). The van der Waals surface area contributed by atoms with E-state index in [0.29, 0.717) is 0 Å². The quantitative estimate of drug-likeness (QED) is 0.684. The van der Waals surface area contributed by atoms with E-state index in [4.69, 9.17) is 0 Å². The van der Waals surface area contributed by atoms with Crippen molar-refractivity contribution < 1.29 is 0 Å². The SMILES string of the molecule is CNCC1CCCN1CC(C)C. The van der Waals surface area contributed by atoms with Crippen LogP contribution in [0.1, 0.15) is 26.7 Å². The molecule has 0 aliphatic carbocycles. The first-order chi connectivity index (χ1) is 5.74. The van der Waals surface area contributed by atoms with Gasteiger partial charge in [0.05, 0.1) is 0 Å². The normalized spacial score (nSPS) is 25.5. The van der Waals surface area contributed by atoms with Crippen molar-refractivity contribution in [2.24, 2.45) is 5.92 Å². The monoisotopic (exact) mass is 170 g/mol. The lowest BCUT2D eigenvalue weighted by Gasteiger charge is -2.25. The number of hydrogen-bond acceptors (Lipinski definition) is 2. The number of nitrogens with one attached hydrogen (secondary N) is 1. The first-order valence-corrected chi connectivity index (χ1v) is 5.12. The van der Waals surface area contributed by atoms with Gasteiger partial charge in [0.2, 0.25) is 0 Å². The van der Waals surface area contributed by atoms with Gasteiger partial charge in [-0.25, -0.2) is 0 Å². The van der Waals surface area contributed by atoms with Gasteiger partial charge in [-0.3, -0.25) is 4.90 Å². The van der Waals surface area contributed by atoms with E-state index in [2.05, 4.69) is 24.1 Å². The van der Waals surface area contributed by atoms with Crippen LogP contribution in [0.25, 0.3) is 0 Å². The highest BCUT2D eigenvalue weighted by Gasteiger charge is 2.23. The predicted molar refractivity (Wildman–Crippen MR) is 53.4 cm³/mol. The number of rotatable bonds is 4. The average molecular weight is 170 g/mol. The molecule has 2 nitrogen and oxygen atoms in total. The van der Waals surface area contributed by atoms with Crippen LogP contribution in [0.2, 0.25) is 0 Å².